The number of halogens is 2. The van der Waals surface area contributed by atoms with Gasteiger partial charge >= 0.3 is 5.97 Å². The zero-order valence-corrected chi connectivity index (χ0v) is 11.8. The highest BCUT2D eigenvalue weighted by molar-refractivity contribution is 6.41. The highest BCUT2D eigenvalue weighted by Crippen LogP contribution is 2.27. The number of rotatable bonds is 5. The molecule has 0 N–H and O–H groups in total. The summed E-state index contributed by atoms with van der Waals surface area (Å²) in [5.74, 6) is 0.146. The highest BCUT2D eigenvalue weighted by Gasteiger charge is 2.18. The second-order valence-electron chi connectivity index (χ2n) is 4.22. The van der Waals surface area contributed by atoms with Crippen molar-refractivity contribution in [1.29, 1.82) is 0 Å². The van der Waals surface area contributed by atoms with Crippen molar-refractivity contribution in [3.63, 3.8) is 0 Å². The van der Waals surface area contributed by atoms with Crippen molar-refractivity contribution in [3.05, 3.63) is 21.9 Å². The number of carbonyl (C=O) groups is 1. The van der Waals surface area contributed by atoms with Gasteiger partial charge in [0, 0.05) is 6.54 Å². The lowest BCUT2D eigenvalue weighted by Gasteiger charge is -2.11. The molecular weight excluding hydrogens is 261 g/mol. The van der Waals surface area contributed by atoms with E-state index in [0.717, 1.165) is 6.42 Å². The SMILES string of the molecule is CCOC(=O)c1cc(Cl)c(Cl)n1CCC(C)C. The largest absolute Gasteiger partial charge is 0.461 e. The maximum Gasteiger partial charge on any atom is 0.355 e. The predicted octanol–water partition coefficient (Wildman–Crippen LogP) is 4.02. The van der Waals surface area contributed by atoms with Gasteiger partial charge in [0.2, 0.25) is 0 Å². The molecule has 0 atom stereocenters. The Labute approximate surface area is 112 Å². The molecule has 5 heteroatoms. The number of hydrogen-bond donors (Lipinski definition) is 0. The van der Waals surface area contributed by atoms with Crippen molar-refractivity contribution in [1.82, 2.24) is 4.57 Å². The van der Waals surface area contributed by atoms with Crippen molar-refractivity contribution in [2.75, 3.05) is 6.61 Å². The quantitative estimate of drug-likeness (QED) is 0.762. The fourth-order valence-electron chi connectivity index (χ4n) is 1.47. The lowest BCUT2D eigenvalue weighted by Crippen LogP contribution is -2.13. The topological polar surface area (TPSA) is 31.2 Å². The third-order valence-electron chi connectivity index (χ3n) is 2.40. The van der Waals surface area contributed by atoms with Gasteiger partial charge in [0.1, 0.15) is 10.8 Å². The van der Waals surface area contributed by atoms with Crippen LogP contribution in [0.4, 0.5) is 0 Å². The first-order chi connectivity index (χ1) is 7.97. The average Bonchev–Trinajstić information content (AvgIpc) is 2.53. The third-order valence-corrected chi connectivity index (χ3v) is 3.20. The number of carbonyl (C=O) groups excluding carboxylic acids is 1. The van der Waals surface area contributed by atoms with E-state index in [2.05, 4.69) is 13.8 Å². The Bertz CT molecular complexity index is 399. The van der Waals surface area contributed by atoms with Gasteiger partial charge in [0.25, 0.3) is 0 Å². The van der Waals surface area contributed by atoms with Crippen molar-refractivity contribution in [2.45, 2.75) is 33.7 Å². The van der Waals surface area contributed by atoms with Gasteiger partial charge in [-0.2, -0.15) is 0 Å². The molecule has 0 spiro atoms. The van der Waals surface area contributed by atoms with Gasteiger partial charge in [-0.05, 0) is 25.3 Å². The monoisotopic (exact) mass is 277 g/mol. The van der Waals surface area contributed by atoms with Crippen LogP contribution in [-0.2, 0) is 11.3 Å². The van der Waals surface area contributed by atoms with E-state index in [1.165, 1.54) is 0 Å². The number of nitrogens with zero attached hydrogens (tertiary/aromatic N) is 1. The lowest BCUT2D eigenvalue weighted by atomic mass is 10.1. The summed E-state index contributed by atoms with van der Waals surface area (Å²) in [7, 11) is 0. The van der Waals surface area contributed by atoms with E-state index in [0.29, 0.717) is 34.9 Å². The molecule has 3 nitrogen and oxygen atoms in total. The Kier molecular flexibility index (Phi) is 5.34. The molecule has 17 heavy (non-hydrogen) atoms. The van der Waals surface area contributed by atoms with Gasteiger partial charge < -0.3 is 9.30 Å². The van der Waals surface area contributed by atoms with E-state index >= 15 is 0 Å². The minimum Gasteiger partial charge on any atom is -0.461 e. The molecular formula is C12H17Cl2NO2. The standard InChI is InChI=1S/C12H17Cl2NO2/c1-4-17-12(16)10-7-9(13)11(14)15(10)6-5-8(2)3/h7-8H,4-6H2,1-3H3. The van der Waals surface area contributed by atoms with Crippen LogP contribution in [0.3, 0.4) is 0 Å². The molecule has 0 aromatic carbocycles. The van der Waals surface area contributed by atoms with Crippen molar-refractivity contribution in [3.8, 4) is 0 Å². The Morgan fingerprint density at radius 1 is 1.47 bits per heavy atom. The first-order valence-corrected chi connectivity index (χ1v) is 6.44. The minimum absolute atomic E-state index is 0.337. The molecule has 1 aromatic heterocycles. The number of esters is 1. The second-order valence-corrected chi connectivity index (χ2v) is 4.99. The Balaban J connectivity index is 2.96. The normalized spacial score (nSPS) is 10.9. The van der Waals surface area contributed by atoms with Gasteiger partial charge in [-0.1, -0.05) is 37.0 Å². The smallest absolute Gasteiger partial charge is 0.355 e. The fourth-order valence-corrected chi connectivity index (χ4v) is 1.91. The molecule has 0 saturated heterocycles. The van der Waals surface area contributed by atoms with E-state index in [4.69, 9.17) is 27.9 Å². The molecule has 0 aliphatic heterocycles. The molecule has 1 aromatic rings. The van der Waals surface area contributed by atoms with Gasteiger partial charge in [-0.25, -0.2) is 4.79 Å². The molecule has 96 valence electrons. The van der Waals surface area contributed by atoms with Crippen molar-refractivity contribution < 1.29 is 9.53 Å². The molecule has 0 amide bonds. The Morgan fingerprint density at radius 3 is 2.65 bits per heavy atom. The molecule has 1 heterocycles. The lowest BCUT2D eigenvalue weighted by molar-refractivity contribution is 0.0513. The Morgan fingerprint density at radius 2 is 2.12 bits per heavy atom. The van der Waals surface area contributed by atoms with Crippen LogP contribution in [0, 0.1) is 5.92 Å². The molecule has 0 saturated carbocycles. The highest BCUT2D eigenvalue weighted by atomic mass is 35.5. The van der Waals surface area contributed by atoms with E-state index in [-0.39, 0.29) is 5.97 Å². The van der Waals surface area contributed by atoms with E-state index in [1.807, 2.05) is 0 Å². The molecule has 0 fully saturated rings. The average molecular weight is 278 g/mol. The van der Waals surface area contributed by atoms with Gasteiger partial charge in [-0.15, -0.1) is 0 Å². The molecule has 0 radical (unpaired) electrons. The molecule has 0 unspecified atom stereocenters. The van der Waals surface area contributed by atoms with E-state index < -0.39 is 0 Å². The van der Waals surface area contributed by atoms with Gasteiger partial charge in [-0.3, -0.25) is 0 Å². The van der Waals surface area contributed by atoms with Crippen LogP contribution >= 0.6 is 23.2 Å². The summed E-state index contributed by atoms with van der Waals surface area (Å²) in [6.45, 7) is 7.00. The van der Waals surface area contributed by atoms with Crippen LogP contribution in [0.15, 0.2) is 6.07 Å². The molecule has 0 aliphatic carbocycles. The summed E-state index contributed by atoms with van der Waals surface area (Å²) in [5, 5.41) is 0.786. The maximum absolute atomic E-state index is 11.7. The van der Waals surface area contributed by atoms with Crippen LogP contribution in [0.2, 0.25) is 10.2 Å². The summed E-state index contributed by atoms with van der Waals surface area (Å²) in [6.07, 6.45) is 0.928. The van der Waals surface area contributed by atoms with Crippen LogP contribution in [0.5, 0.6) is 0 Å². The summed E-state index contributed by atoms with van der Waals surface area (Å²) < 4.78 is 6.68. The van der Waals surface area contributed by atoms with Crippen LogP contribution in [0.25, 0.3) is 0 Å². The fraction of sp³-hybridized carbons (Fsp3) is 0.583. The maximum atomic E-state index is 11.7. The van der Waals surface area contributed by atoms with E-state index in [1.54, 1.807) is 17.6 Å². The third kappa shape index (κ3) is 3.65. The predicted molar refractivity (Wildman–Crippen MR) is 69.9 cm³/mol. The summed E-state index contributed by atoms with van der Waals surface area (Å²) in [4.78, 5) is 11.7. The number of hydrogen-bond acceptors (Lipinski definition) is 2. The minimum atomic E-state index is -0.384. The summed E-state index contributed by atoms with van der Waals surface area (Å²) >= 11 is 12.0. The van der Waals surface area contributed by atoms with Crippen molar-refractivity contribution >= 4 is 29.2 Å². The first-order valence-electron chi connectivity index (χ1n) is 5.69. The zero-order chi connectivity index (χ0) is 13.0. The van der Waals surface area contributed by atoms with Crippen LogP contribution < -0.4 is 0 Å². The first kappa shape index (κ1) is 14.4. The zero-order valence-electron chi connectivity index (χ0n) is 10.3. The molecule has 0 aliphatic rings. The summed E-state index contributed by atoms with van der Waals surface area (Å²) in [5.41, 5.74) is 0.419. The molecule has 0 bridgehead atoms. The van der Waals surface area contributed by atoms with Gasteiger partial charge in [0.15, 0.2) is 0 Å². The van der Waals surface area contributed by atoms with Crippen LogP contribution in [-0.4, -0.2) is 17.1 Å². The van der Waals surface area contributed by atoms with Crippen molar-refractivity contribution in [2.24, 2.45) is 5.92 Å². The second kappa shape index (κ2) is 6.31. The number of ether oxygens (including phenoxy) is 1. The number of aromatic nitrogens is 1. The summed E-state index contributed by atoms with van der Waals surface area (Å²) in [6, 6.07) is 1.56. The molecule has 1 rings (SSSR count). The van der Waals surface area contributed by atoms with Gasteiger partial charge in [0.05, 0.1) is 11.6 Å². The van der Waals surface area contributed by atoms with E-state index in [9.17, 15) is 4.79 Å². The Hall–Kier alpha value is -0.670. The van der Waals surface area contributed by atoms with Crippen LogP contribution in [0.1, 0.15) is 37.7 Å².